The maximum atomic E-state index is 13.4. The Morgan fingerprint density at radius 3 is 2.67 bits per heavy atom. The third kappa shape index (κ3) is 2.48. The molecule has 2 N–H and O–H groups in total. The van der Waals surface area contributed by atoms with Crippen LogP contribution in [0.1, 0.15) is 0 Å². The largest absolute Gasteiger partial charge is 0.497 e. The van der Waals surface area contributed by atoms with Crippen molar-refractivity contribution in [1.82, 2.24) is 4.98 Å². The molecule has 0 aliphatic heterocycles. The molecule has 2 rings (SSSR count). The predicted molar refractivity (Wildman–Crippen MR) is 61.6 cm³/mol. The van der Waals surface area contributed by atoms with Crippen LogP contribution in [0.3, 0.4) is 0 Å². The van der Waals surface area contributed by atoms with Gasteiger partial charge >= 0.3 is 0 Å². The minimum Gasteiger partial charge on any atom is -0.497 e. The van der Waals surface area contributed by atoms with Gasteiger partial charge in [0.05, 0.1) is 19.0 Å². The van der Waals surface area contributed by atoms with Gasteiger partial charge in [0.25, 0.3) is 5.88 Å². The molecule has 0 radical (unpaired) electrons. The number of halogens is 2. The van der Waals surface area contributed by atoms with E-state index in [0.29, 0.717) is 17.5 Å². The molecule has 1 heterocycles. The van der Waals surface area contributed by atoms with Crippen LogP contribution in [0, 0.1) is 11.6 Å². The van der Waals surface area contributed by atoms with E-state index >= 15 is 0 Å². The van der Waals surface area contributed by atoms with E-state index < -0.39 is 11.6 Å². The van der Waals surface area contributed by atoms with E-state index in [1.807, 2.05) is 0 Å². The Hall–Kier alpha value is -2.37. The van der Waals surface area contributed by atoms with Crippen molar-refractivity contribution in [2.45, 2.75) is 0 Å². The highest BCUT2D eigenvalue weighted by molar-refractivity contribution is 5.56. The fourth-order valence-corrected chi connectivity index (χ4v) is 1.31. The van der Waals surface area contributed by atoms with E-state index in [1.54, 1.807) is 12.1 Å². The molecule has 18 heavy (non-hydrogen) atoms. The van der Waals surface area contributed by atoms with Crippen molar-refractivity contribution in [3.8, 4) is 17.4 Å². The summed E-state index contributed by atoms with van der Waals surface area (Å²) in [5.74, 6) is -1.35. The lowest BCUT2D eigenvalue weighted by molar-refractivity contribution is 0.399. The number of benzene rings is 1. The second kappa shape index (κ2) is 4.87. The Labute approximate surface area is 102 Å². The van der Waals surface area contributed by atoms with Crippen LogP contribution in [-0.2, 0) is 0 Å². The van der Waals surface area contributed by atoms with Crippen LogP contribution in [0.25, 0.3) is 0 Å². The van der Waals surface area contributed by atoms with E-state index in [2.05, 4.69) is 4.98 Å². The summed E-state index contributed by atoms with van der Waals surface area (Å²) in [6, 6.07) is 5.35. The van der Waals surface area contributed by atoms with Crippen LogP contribution in [0.15, 0.2) is 30.5 Å². The third-order valence-corrected chi connectivity index (χ3v) is 2.20. The molecule has 0 spiro atoms. The van der Waals surface area contributed by atoms with Crippen LogP contribution in [0.4, 0.5) is 14.5 Å². The Morgan fingerprint density at radius 1 is 1.22 bits per heavy atom. The average Bonchev–Trinajstić information content (AvgIpc) is 2.35. The minimum atomic E-state index is -0.905. The van der Waals surface area contributed by atoms with Crippen molar-refractivity contribution >= 4 is 5.69 Å². The molecule has 6 heteroatoms. The number of pyridine rings is 1. The summed E-state index contributed by atoms with van der Waals surface area (Å²) >= 11 is 0. The first-order valence-corrected chi connectivity index (χ1v) is 5.02. The maximum absolute atomic E-state index is 13.4. The van der Waals surface area contributed by atoms with E-state index in [4.69, 9.17) is 15.2 Å². The van der Waals surface area contributed by atoms with Gasteiger partial charge in [0.1, 0.15) is 11.6 Å². The Kier molecular flexibility index (Phi) is 3.27. The predicted octanol–water partition coefficient (Wildman–Crippen LogP) is 2.74. The monoisotopic (exact) mass is 252 g/mol. The van der Waals surface area contributed by atoms with E-state index in [-0.39, 0.29) is 11.6 Å². The summed E-state index contributed by atoms with van der Waals surface area (Å²) in [5.41, 5.74) is 5.96. The normalized spacial score (nSPS) is 10.2. The van der Waals surface area contributed by atoms with Crippen molar-refractivity contribution in [3.05, 3.63) is 42.1 Å². The second-order valence-corrected chi connectivity index (χ2v) is 3.45. The van der Waals surface area contributed by atoms with Crippen molar-refractivity contribution < 1.29 is 18.3 Å². The lowest BCUT2D eigenvalue weighted by Gasteiger charge is -2.09. The van der Waals surface area contributed by atoms with Crippen molar-refractivity contribution in [2.24, 2.45) is 0 Å². The molecular formula is C12H10F2N2O2. The van der Waals surface area contributed by atoms with Gasteiger partial charge in [0.2, 0.25) is 0 Å². The van der Waals surface area contributed by atoms with Crippen molar-refractivity contribution in [1.29, 1.82) is 0 Å². The first kappa shape index (κ1) is 12.1. The third-order valence-electron chi connectivity index (χ3n) is 2.20. The molecule has 0 atom stereocenters. The molecule has 94 valence electrons. The quantitative estimate of drug-likeness (QED) is 0.853. The molecule has 0 saturated heterocycles. The number of aromatic nitrogens is 1. The maximum Gasteiger partial charge on any atom is 0.256 e. The highest BCUT2D eigenvalue weighted by Gasteiger charge is 2.10. The van der Waals surface area contributed by atoms with Gasteiger partial charge < -0.3 is 15.2 Å². The zero-order valence-electron chi connectivity index (χ0n) is 9.48. The number of rotatable bonds is 3. The zero-order chi connectivity index (χ0) is 13.1. The van der Waals surface area contributed by atoms with Gasteiger partial charge in [-0.15, -0.1) is 0 Å². The molecule has 0 aliphatic rings. The zero-order valence-corrected chi connectivity index (χ0v) is 9.48. The molecule has 0 aliphatic carbocycles. The van der Waals surface area contributed by atoms with Gasteiger partial charge in [-0.25, -0.2) is 13.8 Å². The van der Waals surface area contributed by atoms with Crippen LogP contribution >= 0.6 is 0 Å². The number of nitrogens with two attached hydrogens (primary N) is 1. The number of anilines is 1. The highest BCUT2D eigenvalue weighted by Crippen LogP contribution is 2.31. The molecule has 1 aromatic carbocycles. The second-order valence-electron chi connectivity index (χ2n) is 3.45. The summed E-state index contributed by atoms with van der Waals surface area (Å²) in [7, 11) is 1.48. The summed E-state index contributed by atoms with van der Waals surface area (Å²) in [6.45, 7) is 0. The molecular weight excluding hydrogens is 242 g/mol. The lowest BCUT2D eigenvalue weighted by atomic mass is 10.3. The Morgan fingerprint density at radius 2 is 2.00 bits per heavy atom. The minimum absolute atomic E-state index is 0.187. The van der Waals surface area contributed by atoms with Crippen molar-refractivity contribution in [3.63, 3.8) is 0 Å². The fraction of sp³-hybridized carbons (Fsp3) is 0.0833. The molecule has 0 saturated carbocycles. The topological polar surface area (TPSA) is 57.4 Å². The molecule has 0 unspecified atom stereocenters. The summed E-state index contributed by atoms with van der Waals surface area (Å²) in [5, 5.41) is 0. The van der Waals surface area contributed by atoms with Gasteiger partial charge in [-0.3, -0.25) is 0 Å². The fourth-order valence-electron chi connectivity index (χ4n) is 1.31. The van der Waals surface area contributed by atoms with Crippen molar-refractivity contribution in [2.75, 3.05) is 12.8 Å². The number of hydrogen-bond acceptors (Lipinski definition) is 4. The Balaban J connectivity index is 2.33. The summed E-state index contributed by atoms with van der Waals surface area (Å²) in [6.07, 6.45) is 0.856. The SMILES string of the molecule is COc1ccc(N)c(Oc2ncc(F)cc2F)c1. The molecule has 4 nitrogen and oxygen atoms in total. The van der Waals surface area contributed by atoms with Gasteiger partial charge in [0, 0.05) is 12.1 Å². The van der Waals surface area contributed by atoms with Gasteiger partial charge in [-0.1, -0.05) is 0 Å². The highest BCUT2D eigenvalue weighted by atomic mass is 19.1. The van der Waals surface area contributed by atoms with Crippen LogP contribution in [-0.4, -0.2) is 12.1 Å². The molecule has 0 amide bonds. The number of nitrogens with zero attached hydrogens (tertiary/aromatic N) is 1. The summed E-state index contributed by atoms with van der Waals surface area (Å²) < 4.78 is 36.2. The van der Waals surface area contributed by atoms with Gasteiger partial charge in [-0.05, 0) is 12.1 Å². The molecule has 2 aromatic rings. The standard InChI is InChI=1S/C12H10F2N2O2/c1-17-8-2-3-10(15)11(5-8)18-12-9(14)4-7(13)6-16-12/h2-6H,15H2,1H3. The van der Waals surface area contributed by atoms with Crippen LogP contribution < -0.4 is 15.2 Å². The lowest BCUT2D eigenvalue weighted by Crippen LogP contribution is -1.97. The van der Waals surface area contributed by atoms with Gasteiger partial charge in [0.15, 0.2) is 11.6 Å². The first-order valence-electron chi connectivity index (χ1n) is 5.02. The van der Waals surface area contributed by atoms with Gasteiger partial charge in [-0.2, -0.15) is 0 Å². The van der Waals surface area contributed by atoms with Crippen LogP contribution in [0.5, 0.6) is 17.4 Å². The smallest absolute Gasteiger partial charge is 0.256 e. The number of ether oxygens (including phenoxy) is 2. The first-order chi connectivity index (χ1) is 8.60. The summed E-state index contributed by atoms with van der Waals surface area (Å²) in [4.78, 5) is 3.50. The molecule has 0 fully saturated rings. The Bertz CT molecular complexity index is 576. The van der Waals surface area contributed by atoms with E-state index in [1.165, 1.54) is 13.2 Å². The van der Waals surface area contributed by atoms with E-state index in [9.17, 15) is 8.78 Å². The number of hydrogen-bond donors (Lipinski definition) is 1. The molecule has 1 aromatic heterocycles. The molecule has 0 bridgehead atoms. The van der Waals surface area contributed by atoms with Crippen LogP contribution in [0.2, 0.25) is 0 Å². The number of nitrogen functional groups attached to an aromatic ring is 1. The average molecular weight is 252 g/mol. The van der Waals surface area contributed by atoms with E-state index in [0.717, 1.165) is 6.20 Å². The number of methoxy groups -OCH3 is 1.